The Hall–Kier alpha value is -2.12. The Kier molecular flexibility index (Phi) is 6.74. The van der Waals surface area contributed by atoms with Gasteiger partial charge < -0.3 is 19.9 Å². The molecule has 0 saturated carbocycles. The maximum atomic E-state index is 12.2. The van der Waals surface area contributed by atoms with Crippen LogP contribution in [0.2, 0.25) is 0 Å². The number of hydrogen-bond acceptors (Lipinski definition) is 4. The van der Waals surface area contributed by atoms with Crippen LogP contribution in [0.3, 0.4) is 0 Å². The minimum absolute atomic E-state index is 0. The average Bonchev–Trinajstić information content (AvgIpc) is 2.52. The number of nitrogens with two attached hydrogens (primary N) is 1. The summed E-state index contributed by atoms with van der Waals surface area (Å²) >= 11 is 0. The molecular weight excluding hydrogens is 347 g/mol. The van der Waals surface area contributed by atoms with Gasteiger partial charge in [0.15, 0.2) is 0 Å². The van der Waals surface area contributed by atoms with Crippen molar-refractivity contribution in [3.8, 4) is 17.2 Å². The number of benzene rings is 2. The zero-order chi connectivity index (χ0) is 17.0. The van der Waals surface area contributed by atoms with Gasteiger partial charge in [0, 0.05) is 6.07 Å². The zero-order valence-corrected chi connectivity index (χ0v) is 13.8. The number of hydrogen-bond donors (Lipinski definition) is 1. The first kappa shape index (κ1) is 19.9. The van der Waals surface area contributed by atoms with E-state index in [1.165, 1.54) is 38.5 Å². The molecule has 2 rings (SSSR count). The summed E-state index contributed by atoms with van der Waals surface area (Å²) < 4.78 is 50.7. The van der Waals surface area contributed by atoms with Crippen LogP contribution in [-0.2, 0) is 0 Å². The van der Waals surface area contributed by atoms with Gasteiger partial charge in [0.05, 0.1) is 20.3 Å². The number of methoxy groups -OCH3 is 2. The molecule has 0 bridgehead atoms. The van der Waals surface area contributed by atoms with Crippen molar-refractivity contribution in [1.29, 1.82) is 0 Å². The van der Waals surface area contributed by atoms with Crippen molar-refractivity contribution in [2.45, 2.75) is 12.4 Å². The lowest BCUT2D eigenvalue weighted by atomic mass is 9.99. The summed E-state index contributed by atoms with van der Waals surface area (Å²) in [5, 5.41) is 0. The largest absolute Gasteiger partial charge is 0.573 e. The summed E-state index contributed by atoms with van der Waals surface area (Å²) in [5.74, 6) is 0.857. The molecule has 0 aliphatic rings. The molecule has 132 valence electrons. The lowest BCUT2D eigenvalue weighted by Crippen LogP contribution is -2.17. The van der Waals surface area contributed by atoms with E-state index in [1.54, 1.807) is 18.2 Å². The predicted octanol–water partition coefficient (Wildman–Crippen LogP) is 4.07. The molecule has 0 amide bonds. The van der Waals surface area contributed by atoms with E-state index in [0.29, 0.717) is 22.6 Å². The quantitative estimate of drug-likeness (QED) is 0.870. The Balaban J connectivity index is 0.00000288. The summed E-state index contributed by atoms with van der Waals surface area (Å²) in [7, 11) is 3.04. The number of rotatable bonds is 5. The van der Waals surface area contributed by atoms with Crippen LogP contribution in [0.4, 0.5) is 13.2 Å². The van der Waals surface area contributed by atoms with Crippen molar-refractivity contribution >= 4 is 12.4 Å². The number of alkyl halides is 3. The predicted molar refractivity (Wildman–Crippen MR) is 85.9 cm³/mol. The fourth-order valence-corrected chi connectivity index (χ4v) is 2.08. The lowest BCUT2D eigenvalue weighted by molar-refractivity contribution is -0.274. The molecule has 0 fully saturated rings. The van der Waals surface area contributed by atoms with Crippen LogP contribution in [-0.4, -0.2) is 20.6 Å². The first-order valence-corrected chi connectivity index (χ1v) is 6.66. The van der Waals surface area contributed by atoms with Gasteiger partial charge in [-0.15, -0.1) is 25.6 Å². The third-order valence-electron chi connectivity index (χ3n) is 3.21. The van der Waals surface area contributed by atoms with Crippen molar-refractivity contribution < 1.29 is 27.4 Å². The highest BCUT2D eigenvalue weighted by atomic mass is 35.5. The Labute approximate surface area is 143 Å². The molecule has 8 heteroatoms. The van der Waals surface area contributed by atoms with Gasteiger partial charge in [0.2, 0.25) is 0 Å². The van der Waals surface area contributed by atoms with Gasteiger partial charge >= 0.3 is 6.36 Å². The fourth-order valence-electron chi connectivity index (χ4n) is 2.08. The van der Waals surface area contributed by atoms with Crippen LogP contribution in [0, 0.1) is 0 Å². The summed E-state index contributed by atoms with van der Waals surface area (Å²) in [6.45, 7) is 0. The molecule has 2 aromatic carbocycles. The van der Waals surface area contributed by atoms with E-state index in [4.69, 9.17) is 15.2 Å². The SMILES string of the molecule is COc1cc(OC)cc([C@@H](N)c2ccc(OC(F)(F)F)cc2)c1.Cl. The number of halogens is 4. The molecule has 4 nitrogen and oxygen atoms in total. The second-order valence-corrected chi connectivity index (χ2v) is 4.74. The molecule has 0 aromatic heterocycles. The molecule has 0 radical (unpaired) electrons. The molecule has 2 N–H and O–H groups in total. The minimum atomic E-state index is -4.72. The molecule has 1 atom stereocenters. The first-order chi connectivity index (χ1) is 10.8. The summed E-state index contributed by atoms with van der Waals surface area (Å²) in [5.41, 5.74) is 7.51. The third-order valence-corrected chi connectivity index (χ3v) is 3.21. The fraction of sp³-hybridized carbons (Fsp3) is 0.250. The molecule has 0 aliphatic carbocycles. The van der Waals surface area contributed by atoms with Crippen LogP contribution in [0.15, 0.2) is 42.5 Å². The molecule has 0 heterocycles. The van der Waals surface area contributed by atoms with Crippen molar-refractivity contribution in [2.24, 2.45) is 5.73 Å². The maximum Gasteiger partial charge on any atom is 0.573 e. The van der Waals surface area contributed by atoms with E-state index in [2.05, 4.69) is 4.74 Å². The van der Waals surface area contributed by atoms with Gasteiger partial charge in [-0.2, -0.15) is 0 Å². The van der Waals surface area contributed by atoms with Crippen molar-refractivity contribution in [3.05, 3.63) is 53.6 Å². The molecule has 0 spiro atoms. The highest BCUT2D eigenvalue weighted by molar-refractivity contribution is 5.85. The van der Waals surface area contributed by atoms with Crippen molar-refractivity contribution in [2.75, 3.05) is 14.2 Å². The van der Waals surface area contributed by atoms with Gasteiger partial charge in [-0.1, -0.05) is 12.1 Å². The van der Waals surface area contributed by atoms with Crippen molar-refractivity contribution in [3.63, 3.8) is 0 Å². The Morgan fingerprint density at radius 3 is 1.75 bits per heavy atom. The third kappa shape index (κ3) is 5.21. The van der Waals surface area contributed by atoms with E-state index in [1.807, 2.05) is 0 Å². The van der Waals surface area contributed by atoms with Gasteiger partial charge in [0.25, 0.3) is 0 Å². The average molecular weight is 364 g/mol. The molecule has 2 aromatic rings. The zero-order valence-electron chi connectivity index (χ0n) is 13.0. The summed E-state index contributed by atoms with van der Waals surface area (Å²) in [4.78, 5) is 0. The minimum Gasteiger partial charge on any atom is -0.497 e. The Morgan fingerprint density at radius 2 is 1.33 bits per heavy atom. The second-order valence-electron chi connectivity index (χ2n) is 4.74. The maximum absolute atomic E-state index is 12.2. The van der Waals surface area contributed by atoms with E-state index >= 15 is 0 Å². The van der Waals surface area contributed by atoms with Gasteiger partial charge in [-0.25, -0.2) is 0 Å². The second kappa shape index (κ2) is 8.12. The molecular formula is C16H17ClF3NO3. The van der Waals surface area contributed by atoms with Gasteiger partial charge in [-0.3, -0.25) is 0 Å². The lowest BCUT2D eigenvalue weighted by Gasteiger charge is -2.16. The van der Waals surface area contributed by atoms with Crippen LogP contribution in [0.5, 0.6) is 17.2 Å². The van der Waals surface area contributed by atoms with Crippen LogP contribution in [0.25, 0.3) is 0 Å². The molecule has 0 aliphatic heterocycles. The topological polar surface area (TPSA) is 53.7 Å². The van der Waals surface area contributed by atoms with Crippen molar-refractivity contribution in [1.82, 2.24) is 0 Å². The summed E-state index contributed by atoms with van der Waals surface area (Å²) in [6.07, 6.45) is -4.72. The van der Waals surface area contributed by atoms with E-state index < -0.39 is 12.4 Å². The Morgan fingerprint density at radius 1 is 0.833 bits per heavy atom. The molecule has 24 heavy (non-hydrogen) atoms. The normalized spacial score (nSPS) is 12.1. The van der Waals surface area contributed by atoms with E-state index in [0.717, 1.165) is 0 Å². The van der Waals surface area contributed by atoms with Gasteiger partial charge in [-0.05, 0) is 35.4 Å². The highest BCUT2D eigenvalue weighted by Crippen LogP contribution is 2.30. The molecule has 0 unspecified atom stereocenters. The summed E-state index contributed by atoms with van der Waals surface area (Å²) in [6, 6.07) is 10.1. The Bertz CT molecular complexity index is 640. The van der Waals surface area contributed by atoms with Crippen LogP contribution in [0.1, 0.15) is 17.2 Å². The van der Waals surface area contributed by atoms with Crippen LogP contribution >= 0.6 is 12.4 Å². The molecule has 0 saturated heterocycles. The highest BCUT2D eigenvalue weighted by Gasteiger charge is 2.31. The van der Waals surface area contributed by atoms with E-state index in [-0.39, 0.29) is 18.2 Å². The van der Waals surface area contributed by atoms with E-state index in [9.17, 15) is 13.2 Å². The monoisotopic (exact) mass is 363 g/mol. The van der Waals surface area contributed by atoms with Crippen LogP contribution < -0.4 is 19.9 Å². The van der Waals surface area contributed by atoms with Gasteiger partial charge in [0.1, 0.15) is 17.2 Å². The smallest absolute Gasteiger partial charge is 0.497 e. The standard InChI is InChI=1S/C16H16F3NO3.ClH/c1-21-13-7-11(8-14(9-13)22-2)15(20)10-3-5-12(6-4-10)23-16(17,18)19;/h3-9,15H,20H2,1-2H3;1H/t15-;/m0./s1. The number of ether oxygens (including phenoxy) is 3. The first-order valence-electron chi connectivity index (χ1n) is 6.66.